The van der Waals surface area contributed by atoms with Gasteiger partial charge in [-0.15, -0.1) is 0 Å². The Morgan fingerprint density at radius 1 is 0.853 bits per heavy atom. The number of para-hydroxylation sites is 2. The second kappa shape index (κ2) is 10.3. The molecule has 2 heterocycles. The summed E-state index contributed by atoms with van der Waals surface area (Å²) in [5.41, 5.74) is 4.26. The van der Waals surface area contributed by atoms with Crippen LogP contribution in [0.25, 0.3) is 0 Å². The first-order chi connectivity index (χ1) is 16.7. The molecule has 0 N–H and O–H groups in total. The van der Waals surface area contributed by atoms with Gasteiger partial charge in [-0.1, -0.05) is 48.2 Å². The van der Waals surface area contributed by atoms with Crippen molar-refractivity contribution in [3.05, 3.63) is 83.9 Å². The number of benzene rings is 3. The van der Waals surface area contributed by atoms with Crippen LogP contribution in [-0.2, 0) is 11.3 Å². The molecule has 3 aromatic carbocycles. The Labute approximate surface area is 205 Å². The molecule has 0 radical (unpaired) electrons. The topological polar surface area (TPSA) is 50.6 Å². The Bertz CT molecular complexity index is 1160. The lowest BCUT2D eigenvalue weighted by molar-refractivity contribution is -0.130. The van der Waals surface area contributed by atoms with Gasteiger partial charge in [-0.05, 0) is 48.4 Å². The summed E-state index contributed by atoms with van der Waals surface area (Å²) in [6.07, 6.45) is 1.48. The zero-order valence-corrected chi connectivity index (χ0v) is 20.0. The van der Waals surface area contributed by atoms with Crippen LogP contribution in [0, 0.1) is 11.3 Å². The maximum atomic E-state index is 13.2. The number of hydrogen-bond acceptors (Lipinski definition) is 5. The molecule has 0 saturated carbocycles. The van der Waals surface area contributed by atoms with Crippen LogP contribution in [0.15, 0.2) is 82.6 Å². The molecule has 6 heteroatoms. The van der Waals surface area contributed by atoms with Crippen LogP contribution in [0.5, 0.6) is 0 Å². The summed E-state index contributed by atoms with van der Waals surface area (Å²) in [6.45, 7) is 4.96. The zero-order chi connectivity index (χ0) is 23.3. The van der Waals surface area contributed by atoms with Gasteiger partial charge in [0.15, 0.2) is 0 Å². The predicted molar refractivity (Wildman–Crippen MR) is 136 cm³/mol. The predicted octanol–water partition coefficient (Wildman–Crippen LogP) is 5.29. The van der Waals surface area contributed by atoms with Crippen molar-refractivity contribution in [1.82, 2.24) is 9.80 Å². The largest absolute Gasteiger partial charge is 0.341 e. The third-order valence-corrected chi connectivity index (χ3v) is 7.64. The highest BCUT2D eigenvalue weighted by atomic mass is 32.2. The minimum atomic E-state index is 0.230. The van der Waals surface area contributed by atoms with Crippen molar-refractivity contribution in [3.63, 3.8) is 0 Å². The summed E-state index contributed by atoms with van der Waals surface area (Å²) >= 11 is 1.80. The van der Waals surface area contributed by atoms with E-state index in [2.05, 4.69) is 64.4 Å². The Hall–Kier alpha value is -3.27. The average molecular weight is 469 g/mol. The van der Waals surface area contributed by atoms with Crippen molar-refractivity contribution in [1.29, 1.82) is 5.26 Å². The van der Waals surface area contributed by atoms with E-state index >= 15 is 0 Å². The molecule has 0 atom stereocenters. The van der Waals surface area contributed by atoms with Gasteiger partial charge < -0.3 is 9.80 Å². The van der Waals surface area contributed by atoms with E-state index in [9.17, 15) is 4.79 Å². The van der Waals surface area contributed by atoms with E-state index in [0.29, 0.717) is 18.5 Å². The molecule has 172 valence electrons. The summed E-state index contributed by atoms with van der Waals surface area (Å²) < 4.78 is 0. The highest BCUT2D eigenvalue weighted by Gasteiger charge is 2.25. The lowest BCUT2D eigenvalue weighted by Gasteiger charge is -2.33. The molecule has 1 saturated heterocycles. The van der Waals surface area contributed by atoms with Crippen LogP contribution < -0.4 is 4.90 Å². The summed E-state index contributed by atoms with van der Waals surface area (Å²) in [7, 11) is 0. The highest BCUT2D eigenvalue weighted by Crippen LogP contribution is 2.47. The van der Waals surface area contributed by atoms with Crippen LogP contribution in [-0.4, -0.2) is 48.4 Å². The van der Waals surface area contributed by atoms with Crippen LogP contribution in [0.1, 0.15) is 24.0 Å². The van der Waals surface area contributed by atoms with Gasteiger partial charge in [0.2, 0.25) is 5.91 Å². The lowest BCUT2D eigenvalue weighted by Crippen LogP contribution is -2.37. The molecule has 0 aliphatic carbocycles. The van der Waals surface area contributed by atoms with Gasteiger partial charge in [0.25, 0.3) is 0 Å². The Kier molecular flexibility index (Phi) is 6.84. The third kappa shape index (κ3) is 4.96. The normalized spacial score (nSPS) is 15.7. The monoisotopic (exact) mass is 468 g/mol. The van der Waals surface area contributed by atoms with E-state index < -0.39 is 0 Å². The number of hydrogen-bond donors (Lipinski definition) is 0. The Morgan fingerprint density at radius 3 is 2.21 bits per heavy atom. The number of carbonyl (C=O) groups excluding carboxylic acids is 1. The fraction of sp³-hybridized carbons (Fsp3) is 0.286. The SMILES string of the molecule is N#Cc1ccc(CN2CCCN(C(=O)CCN3c4ccccc4Sc4ccccc43)CC2)cc1. The Balaban J connectivity index is 1.20. The van der Waals surface area contributed by atoms with Gasteiger partial charge >= 0.3 is 0 Å². The van der Waals surface area contributed by atoms with Crippen molar-refractivity contribution >= 4 is 29.0 Å². The number of carbonyl (C=O) groups is 1. The molecule has 2 aliphatic heterocycles. The van der Waals surface area contributed by atoms with Crippen molar-refractivity contribution < 1.29 is 4.79 Å². The lowest BCUT2D eigenvalue weighted by atomic mass is 10.1. The number of nitrogens with zero attached hydrogens (tertiary/aromatic N) is 4. The number of nitriles is 1. The van der Waals surface area contributed by atoms with Crippen LogP contribution in [0.4, 0.5) is 11.4 Å². The fourth-order valence-electron chi connectivity index (χ4n) is 4.71. The van der Waals surface area contributed by atoms with E-state index in [0.717, 1.165) is 39.1 Å². The molecule has 0 bridgehead atoms. The highest BCUT2D eigenvalue weighted by molar-refractivity contribution is 7.99. The molecule has 5 rings (SSSR count). The molecule has 2 aliphatic rings. The number of rotatable bonds is 5. The van der Waals surface area contributed by atoms with Crippen LogP contribution >= 0.6 is 11.8 Å². The summed E-state index contributed by atoms with van der Waals surface area (Å²) in [4.78, 5) is 22.4. The van der Waals surface area contributed by atoms with Gasteiger partial charge in [-0.2, -0.15) is 5.26 Å². The number of amides is 1. The maximum Gasteiger partial charge on any atom is 0.224 e. The molecule has 1 fully saturated rings. The molecular formula is C28H28N4OS. The first-order valence-electron chi connectivity index (χ1n) is 11.8. The fourth-order valence-corrected chi connectivity index (χ4v) is 5.80. The molecule has 34 heavy (non-hydrogen) atoms. The van der Waals surface area contributed by atoms with Gasteiger partial charge in [0, 0.05) is 55.5 Å². The average Bonchev–Trinajstić information content (AvgIpc) is 3.12. The zero-order valence-electron chi connectivity index (χ0n) is 19.2. The minimum Gasteiger partial charge on any atom is -0.341 e. The van der Waals surface area contributed by atoms with E-state index in [1.807, 2.05) is 29.2 Å². The molecule has 0 spiro atoms. The van der Waals surface area contributed by atoms with Gasteiger partial charge in [0.05, 0.1) is 23.0 Å². The first kappa shape index (κ1) is 22.5. The molecule has 0 aromatic heterocycles. The van der Waals surface area contributed by atoms with E-state index in [4.69, 9.17) is 5.26 Å². The van der Waals surface area contributed by atoms with Gasteiger partial charge in [-0.25, -0.2) is 0 Å². The quantitative estimate of drug-likeness (QED) is 0.510. The molecule has 5 nitrogen and oxygen atoms in total. The second-order valence-electron chi connectivity index (χ2n) is 8.76. The van der Waals surface area contributed by atoms with Crippen molar-refractivity contribution in [2.45, 2.75) is 29.2 Å². The second-order valence-corrected chi connectivity index (χ2v) is 9.84. The maximum absolute atomic E-state index is 13.2. The van der Waals surface area contributed by atoms with Crippen molar-refractivity contribution in [3.8, 4) is 6.07 Å². The van der Waals surface area contributed by atoms with Crippen LogP contribution in [0.2, 0.25) is 0 Å². The van der Waals surface area contributed by atoms with Crippen molar-refractivity contribution in [2.75, 3.05) is 37.6 Å². The first-order valence-corrected chi connectivity index (χ1v) is 12.7. The Morgan fingerprint density at radius 2 is 1.53 bits per heavy atom. The molecule has 0 unspecified atom stereocenters. The number of anilines is 2. The van der Waals surface area contributed by atoms with E-state index in [-0.39, 0.29) is 5.91 Å². The van der Waals surface area contributed by atoms with E-state index in [1.54, 1.807) is 11.8 Å². The van der Waals surface area contributed by atoms with E-state index in [1.165, 1.54) is 26.7 Å². The standard InChI is InChI=1S/C28H28N4OS/c29-20-22-10-12-23(13-11-22)21-30-15-5-16-31(19-18-30)28(33)14-17-32-24-6-1-3-8-26(24)34-27-9-4-2-7-25(27)32/h1-4,6-13H,5,14-19,21H2. The van der Waals surface area contributed by atoms with Gasteiger partial charge in [0.1, 0.15) is 0 Å². The summed E-state index contributed by atoms with van der Waals surface area (Å²) in [6, 6.07) is 26.9. The van der Waals surface area contributed by atoms with Crippen molar-refractivity contribution in [2.24, 2.45) is 0 Å². The smallest absolute Gasteiger partial charge is 0.224 e. The summed E-state index contributed by atoms with van der Waals surface area (Å²) in [5.74, 6) is 0.230. The van der Waals surface area contributed by atoms with Crippen LogP contribution in [0.3, 0.4) is 0 Å². The minimum absolute atomic E-state index is 0.230. The molecule has 1 amide bonds. The molecular weight excluding hydrogens is 440 g/mol. The third-order valence-electron chi connectivity index (χ3n) is 6.51. The number of fused-ring (bicyclic) bond motifs is 2. The summed E-state index contributed by atoms with van der Waals surface area (Å²) in [5, 5.41) is 8.99. The van der Waals surface area contributed by atoms with Gasteiger partial charge in [-0.3, -0.25) is 9.69 Å². The molecule has 3 aromatic rings.